The Hall–Kier alpha value is -0.900. The van der Waals surface area contributed by atoms with Crippen molar-refractivity contribution in [2.75, 3.05) is 0 Å². The fourth-order valence-corrected chi connectivity index (χ4v) is 2.29. The average Bonchev–Trinajstić information content (AvgIpc) is 2.32. The highest BCUT2D eigenvalue weighted by atomic mass is 79.9. The van der Waals surface area contributed by atoms with Crippen LogP contribution in [0.1, 0.15) is 17.2 Å². The van der Waals surface area contributed by atoms with E-state index in [0.29, 0.717) is 20.6 Å². The van der Waals surface area contributed by atoms with Gasteiger partial charge in [-0.3, -0.25) is 0 Å². The summed E-state index contributed by atoms with van der Waals surface area (Å²) < 4.78 is 13.8. The predicted molar refractivity (Wildman–Crippen MR) is 69.6 cm³/mol. The number of halogens is 3. The molecule has 2 rings (SSSR count). The molecule has 0 bridgehead atoms. The summed E-state index contributed by atoms with van der Waals surface area (Å²) in [5.41, 5.74) is 1.01. The Morgan fingerprint density at radius 1 is 1.12 bits per heavy atom. The number of aliphatic hydroxyl groups is 1. The van der Waals surface area contributed by atoms with Crippen LogP contribution in [-0.2, 0) is 0 Å². The molecule has 0 fully saturated rings. The van der Waals surface area contributed by atoms with Crippen LogP contribution in [0.4, 0.5) is 4.39 Å². The molecule has 0 heterocycles. The Morgan fingerprint density at radius 3 is 2.53 bits per heavy atom. The lowest BCUT2D eigenvalue weighted by atomic mass is 10.0. The van der Waals surface area contributed by atoms with Crippen LogP contribution in [0, 0.1) is 5.82 Å². The summed E-state index contributed by atoms with van der Waals surface area (Å²) >= 11 is 9.28. The van der Waals surface area contributed by atoms with Crippen LogP contribution in [-0.4, -0.2) is 5.11 Å². The minimum absolute atomic E-state index is 0.394. The lowest BCUT2D eigenvalue weighted by molar-refractivity contribution is 0.219. The largest absolute Gasteiger partial charge is 0.384 e. The van der Waals surface area contributed by atoms with Crippen molar-refractivity contribution in [3.05, 3.63) is 68.9 Å². The van der Waals surface area contributed by atoms with Gasteiger partial charge in [0.2, 0.25) is 0 Å². The van der Waals surface area contributed by atoms with Crippen molar-refractivity contribution < 1.29 is 9.50 Å². The average molecular weight is 316 g/mol. The van der Waals surface area contributed by atoms with Gasteiger partial charge in [0.25, 0.3) is 0 Å². The van der Waals surface area contributed by atoms with Crippen molar-refractivity contribution in [1.82, 2.24) is 0 Å². The summed E-state index contributed by atoms with van der Waals surface area (Å²) in [6, 6.07) is 11.1. The third-order valence-electron chi connectivity index (χ3n) is 2.45. The lowest BCUT2D eigenvalue weighted by Gasteiger charge is -2.14. The number of hydrogen-bond acceptors (Lipinski definition) is 1. The van der Waals surface area contributed by atoms with Crippen molar-refractivity contribution in [3.8, 4) is 0 Å². The van der Waals surface area contributed by atoms with Gasteiger partial charge in [-0.05, 0) is 24.3 Å². The number of aliphatic hydroxyl groups excluding tert-OH is 1. The predicted octanol–water partition coefficient (Wildman–Crippen LogP) is 4.32. The number of hydrogen-bond donors (Lipinski definition) is 1. The van der Waals surface area contributed by atoms with Crippen molar-refractivity contribution in [2.24, 2.45) is 0 Å². The second-order valence-electron chi connectivity index (χ2n) is 3.59. The van der Waals surface area contributed by atoms with Gasteiger partial charge >= 0.3 is 0 Å². The molecular weight excluding hydrogens is 306 g/mol. The van der Waals surface area contributed by atoms with E-state index in [-0.39, 0.29) is 0 Å². The highest BCUT2D eigenvalue weighted by Crippen LogP contribution is 2.32. The highest BCUT2D eigenvalue weighted by molar-refractivity contribution is 9.10. The van der Waals surface area contributed by atoms with Crippen LogP contribution in [0.5, 0.6) is 0 Å². The van der Waals surface area contributed by atoms with Gasteiger partial charge in [-0.1, -0.05) is 45.7 Å². The molecule has 4 heteroatoms. The molecule has 0 aliphatic rings. The first-order valence-corrected chi connectivity index (χ1v) is 6.14. The van der Waals surface area contributed by atoms with Crippen LogP contribution in [0.15, 0.2) is 46.9 Å². The molecule has 0 amide bonds. The van der Waals surface area contributed by atoms with Gasteiger partial charge in [0.1, 0.15) is 11.9 Å². The van der Waals surface area contributed by atoms with Gasteiger partial charge in [0.05, 0.1) is 0 Å². The topological polar surface area (TPSA) is 20.2 Å². The molecule has 1 nitrogen and oxygen atoms in total. The molecule has 17 heavy (non-hydrogen) atoms. The van der Waals surface area contributed by atoms with Crippen molar-refractivity contribution in [2.45, 2.75) is 6.10 Å². The van der Waals surface area contributed by atoms with Gasteiger partial charge in [0, 0.05) is 20.6 Å². The third-order valence-corrected chi connectivity index (χ3v) is 3.52. The molecule has 0 spiro atoms. The van der Waals surface area contributed by atoms with E-state index < -0.39 is 11.9 Å². The molecule has 0 aliphatic heterocycles. The van der Waals surface area contributed by atoms with E-state index in [4.69, 9.17) is 11.6 Å². The van der Waals surface area contributed by atoms with E-state index in [9.17, 15) is 9.50 Å². The summed E-state index contributed by atoms with van der Waals surface area (Å²) in [6.07, 6.45) is -0.950. The van der Waals surface area contributed by atoms with E-state index in [2.05, 4.69) is 15.9 Å². The maximum atomic E-state index is 13.2. The second kappa shape index (κ2) is 5.17. The van der Waals surface area contributed by atoms with E-state index in [0.717, 1.165) is 0 Å². The first-order valence-electron chi connectivity index (χ1n) is 4.97. The quantitative estimate of drug-likeness (QED) is 0.875. The SMILES string of the molecule is OC(c1ccccc1Cl)c1cc(F)ccc1Br. The summed E-state index contributed by atoms with van der Waals surface area (Å²) in [6.45, 7) is 0. The zero-order valence-corrected chi connectivity index (χ0v) is 11.0. The normalized spacial score (nSPS) is 12.5. The Labute approximate surface area is 112 Å². The van der Waals surface area contributed by atoms with Crippen LogP contribution >= 0.6 is 27.5 Å². The van der Waals surface area contributed by atoms with Gasteiger partial charge < -0.3 is 5.11 Å². The molecular formula is C13H9BrClFO. The van der Waals surface area contributed by atoms with Gasteiger partial charge in [0.15, 0.2) is 0 Å². The van der Waals surface area contributed by atoms with Crippen LogP contribution in [0.25, 0.3) is 0 Å². The zero-order valence-electron chi connectivity index (χ0n) is 8.70. The standard InChI is InChI=1S/C13H9BrClFO/c14-11-6-5-8(16)7-10(11)13(17)9-3-1-2-4-12(9)15/h1-7,13,17H. The second-order valence-corrected chi connectivity index (χ2v) is 4.85. The highest BCUT2D eigenvalue weighted by Gasteiger charge is 2.16. The Kier molecular flexibility index (Phi) is 3.82. The van der Waals surface area contributed by atoms with E-state index >= 15 is 0 Å². The summed E-state index contributed by atoms with van der Waals surface area (Å²) in [7, 11) is 0. The minimum Gasteiger partial charge on any atom is -0.384 e. The molecule has 0 aromatic heterocycles. The first kappa shape index (κ1) is 12.6. The Morgan fingerprint density at radius 2 is 1.82 bits per heavy atom. The van der Waals surface area contributed by atoms with Crippen molar-refractivity contribution in [3.63, 3.8) is 0 Å². The first-order chi connectivity index (χ1) is 8.09. The summed E-state index contributed by atoms with van der Waals surface area (Å²) in [5.74, 6) is -0.394. The molecule has 1 N–H and O–H groups in total. The summed E-state index contributed by atoms with van der Waals surface area (Å²) in [4.78, 5) is 0. The molecule has 2 aromatic carbocycles. The Balaban J connectivity index is 2.47. The fraction of sp³-hybridized carbons (Fsp3) is 0.0769. The molecule has 1 unspecified atom stereocenters. The van der Waals surface area contributed by atoms with E-state index in [1.807, 2.05) is 0 Å². The smallest absolute Gasteiger partial charge is 0.123 e. The van der Waals surface area contributed by atoms with E-state index in [1.54, 1.807) is 30.3 Å². The molecule has 0 saturated carbocycles. The van der Waals surface area contributed by atoms with Gasteiger partial charge in [-0.2, -0.15) is 0 Å². The Bertz CT molecular complexity index is 545. The zero-order chi connectivity index (χ0) is 12.4. The van der Waals surface area contributed by atoms with Crippen LogP contribution < -0.4 is 0 Å². The maximum absolute atomic E-state index is 13.2. The molecule has 2 aromatic rings. The third kappa shape index (κ3) is 2.68. The van der Waals surface area contributed by atoms with E-state index in [1.165, 1.54) is 12.1 Å². The van der Waals surface area contributed by atoms with Crippen LogP contribution in [0.2, 0.25) is 5.02 Å². The van der Waals surface area contributed by atoms with Crippen LogP contribution in [0.3, 0.4) is 0 Å². The summed E-state index contributed by atoms with van der Waals surface area (Å²) in [5, 5.41) is 10.7. The monoisotopic (exact) mass is 314 g/mol. The van der Waals surface area contributed by atoms with Crippen molar-refractivity contribution in [1.29, 1.82) is 0 Å². The molecule has 88 valence electrons. The number of benzene rings is 2. The number of rotatable bonds is 2. The molecule has 1 atom stereocenters. The van der Waals surface area contributed by atoms with Gasteiger partial charge in [-0.15, -0.1) is 0 Å². The fourth-order valence-electron chi connectivity index (χ4n) is 1.59. The lowest BCUT2D eigenvalue weighted by Crippen LogP contribution is -2.02. The molecule has 0 radical (unpaired) electrons. The minimum atomic E-state index is -0.950. The molecule has 0 aliphatic carbocycles. The maximum Gasteiger partial charge on any atom is 0.123 e. The van der Waals surface area contributed by atoms with Gasteiger partial charge in [-0.25, -0.2) is 4.39 Å². The molecule has 0 saturated heterocycles. The van der Waals surface area contributed by atoms with Crippen molar-refractivity contribution >= 4 is 27.5 Å².